The van der Waals surface area contributed by atoms with Gasteiger partial charge in [-0.05, 0) is 38.8 Å². The maximum atomic E-state index is 6.17. The van der Waals surface area contributed by atoms with Crippen molar-refractivity contribution in [2.24, 2.45) is 5.73 Å². The van der Waals surface area contributed by atoms with Crippen molar-refractivity contribution < 1.29 is 9.47 Å². The topological polar surface area (TPSA) is 44.5 Å². The average molecular weight is 258 g/mol. The van der Waals surface area contributed by atoms with E-state index < -0.39 is 0 Å². The highest BCUT2D eigenvalue weighted by atomic mass is 35.5. The van der Waals surface area contributed by atoms with E-state index in [9.17, 15) is 0 Å². The number of hydrogen-bond acceptors (Lipinski definition) is 3. The number of ether oxygens (including phenoxy) is 2. The zero-order valence-electron chi connectivity index (χ0n) is 11.1. The molecule has 0 saturated carbocycles. The van der Waals surface area contributed by atoms with E-state index in [0.29, 0.717) is 17.2 Å². The van der Waals surface area contributed by atoms with Crippen LogP contribution in [0, 0.1) is 6.92 Å². The van der Waals surface area contributed by atoms with Gasteiger partial charge in [0.15, 0.2) is 0 Å². The number of hydrogen-bond donors (Lipinski definition) is 1. The van der Waals surface area contributed by atoms with Crippen LogP contribution in [0.5, 0.6) is 11.5 Å². The van der Waals surface area contributed by atoms with Gasteiger partial charge in [-0.2, -0.15) is 0 Å². The fraction of sp³-hybridized carbons (Fsp3) is 0.538. The van der Waals surface area contributed by atoms with Crippen LogP contribution >= 0.6 is 11.6 Å². The fourth-order valence-electron chi connectivity index (χ4n) is 1.96. The summed E-state index contributed by atoms with van der Waals surface area (Å²) in [6.45, 7) is 5.87. The van der Waals surface area contributed by atoms with Gasteiger partial charge in [0.2, 0.25) is 0 Å². The van der Waals surface area contributed by atoms with Crippen LogP contribution in [-0.2, 0) is 6.42 Å². The van der Waals surface area contributed by atoms with Crippen LogP contribution in [0.3, 0.4) is 0 Å². The van der Waals surface area contributed by atoms with Crippen molar-refractivity contribution in [3.8, 4) is 11.5 Å². The zero-order chi connectivity index (χ0) is 13.2. The van der Waals surface area contributed by atoms with Crippen molar-refractivity contribution >= 4 is 11.6 Å². The molecule has 0 bridgehead atoms. The van der Waals surface area contributed by atoms with Gasteiger partial charge in [-0.15, -0.1) is 0 Å². The Hall–Kier alpha value is -0.930. The Labute approximate surface area is 108 Å². The lowest BCUT2D eigenvalue weighted by atomic mass is 9.94. The first-order chi connectivity index (χ1) is 7.80. The molecule has 0 unspecified atom stereocenters. The molecule has 0 aromatic heterocycles. The first kappa shape index (κ1) is 14.1. The van der Waals surface area contributed by atoms with Gasteiger partial charge < -0.3 is 15.2 Å². The second-order valence-corrected chi connectivity index (χ2v) is 5.28. The van der Waals surface area contributed by atoms with Gasteiger partial charge >= 0.3 is 0 Å². The van der Waals surface area contributed by atoms with Crippen molar-refractivity contribution in [2.75, 3.05) is 14.2 Å². The molecule has 96 valence electrons. The van der Waals surface area contributed by atoms with E-state index in [-0.39, 0.29) is 5.54 Å². The molecule has 0 aliphatic heterocycles. The molecule has 4 heteroatoms. The monoisotopic (exact) mass is 257 g/mol. The molecule has 0 spiro atoms. The van der Waals surface area contributed by atoms with Gasteiger partial charge in [-0.3, -0.25) is 0 Å². The maximum absolute atomic E-state index is 6.17. The lowest BCUT2D eigenvalue weighted by molar-refractivity contribution is 0.381. The van der Waals surface area contributed by atoms with E-state index in [1.165, 1.54) is 0 Å². The van der Waals surface area contributed by atoms with Crippen LogP contribution in [0.25, 0.3) is 0 Å². The third-order valence-corrected chi connectivity index (χ3v) is 2.83. The van der Waals surface area contributed by atoms with Gasteiger partial charge in [-0.1, -0.05) is 11.6 Å². The fourth-order valence-corrected chi connectivity index (χ4v) is 2.31. The normalized spacial score (nSPS) is 11.5. The lowest BCUT2D eigenvalue weighted by Gasteiger charge is -2.22. The zero-order valence-corrected chi connectivity index (χ0v) is 11.8. The summed E-state index contributed by atoms with van der Waals surface area (Å²) in [5.74, 6) is 1.45. The van der Waals surface area contributed by atoms with E-state index in [0.717, 1.165) is 16.9 Å². The van der Waals surface area contributed by atoms with Crippen molar-refractivity contribution in [1.82, 2.24) is 0 Å². The van der Waals surface area contributed by atoms with Gasteiger partial charge in [0.05, 0.1) is 19.2 Å². The molecule has 17 heavy (non-hydrogen) atoms. The summed E-state index contributed by atoms with van der Waals surface area (Å²) in [7, 11) is 3.24. The van der Waals surface area contributed by atoms with Crippen LogP contribution in [0.2, 0.25) is 5.02 Å². The molecule has 0 aliphatic rings. The van der Waals surface area contributed by atoms with Crippen LogP contribution in [0.4, 0.5) is 0 Å². The first-order valence-corrected chi connectivity index (χ1v) is 5.86. The number of rotatable bonds is 4. The lowest BCUT2D eigenvalue weighted by Crippen LogP contribution is -2.34. The summed E-state index contributed by atoms with van der Waals surface area (Å²) in [6, 6.07) is 1.86. The minimum absolute atomic E-state index is 0.308. The molecule has 0 fully saturated rings. The predicted octanol–water partition coefficient (Wildman–Crippen LogP) is 2.95. The summed E-state index contributed by atoms with van der Waals surface area (Å²) in [6.07, 6.45) is 0.695. The number of methoxy groups -OCH3 is 2. The molecule has 0 atom stereocenters. The van der Waals surface area contributed by atoms with E-state index in [1.54, 1.807) is 14.2 Å². The minimum atomic E-state index is -0.308. The van der Waals surface area contributed by atoms with Crippen LogP contribution in [0.1, 0.15) is 25.0 Å². The molecule has 1 rings (SSSR count). The van der Waals surface area contributed by atoms with E-state index in [2.05, 4.69) is 0 Å². The van der Waals surface area contributed by atoms with Gasteiger partial charge in [-0.25, -0.2) is 0 Å². The van der Waals surface area contributed by atoms with Gasteiger partial charge in [0.1, 0.15) is 11.5 Å². The summed E-state index contributed by atoms with van der Waals surface area (Å²) >= 11 is 6.17. The molecule has 0 radical (unpaired) electrons. The van der Waals surface area contributed by atoms with Crippen molar-refractivity contribution in [2.45, 2.75) is 32.7 Å². The molecule has 1 aromatic rings. The van der Waals surface area contributed by atoms with Crippen LogP contribution in [-0.4, -0.2) is 19.8 Å². The molecule has 1 aromatic carbocycles. The minimum Gasteiger partial charge on any atom is -0.496 e. The van der Waals surface area contributed by atoms with Gasteiger partial charge in [0.25, 0.3) is 0 Å². The Kier molecular flexibility index (Phi) is 4.28. The summed E-state index contributed by atoms with van der Waals surface area (Å²) in [5.41, 5.74) is 7.63. The van der Waals surface area contributed by atoms with Crippen molar-refractivity contribution in [1.29, 1.82) is 0 Å². The van der Waals surface area contributed by atoms with E-state index in [4.69, 9.17) is 26.8 Å². The van der Waals surface area contributed by atoms with Crippen molar-refractivity contribution in [3.63, 3.8) is 0 Å². The maximum Gasteiger partial charge on any atom is 0.144 e. The van der Waals surface area contributed by atoms with E-state index in [1.807, 2.05) is 26.8 Å². The number of nitrogens with two attached hydrogens (primary N) is 1. The molecule has 3 nitrogen and oxygen atoms in total. The largest absolute Gasteiger partial charge is 0.496 e. The predicted molar refractivity (Wildman–Crippen MR) is 71.3 cm³/mol. The molecular formula is C13H20ClNO2. The molecule has 0 amide bonds. The molecule has 2 N–H and O–H groups in total. The highest BCUT2D eigenvalue weighted by Gasteiger charge is 2.20. The van der Waals surface area contributed by atoms with Crippen LogP contribution in [0.15, 0.2) is 6.07 Å². The highest BCUT2D eigenvalue weighted by molar-refractivity contribution is 6.32. The molecule has 0 saturated heterocycles. The van der Waals surface area contributed by atoms with Crippen LogP contribution < -0.4 is 15.2 Å². The second-order valence-electron chi connectivity index (χ2n) is 4.87. The summed E-state index contributed by atoms with van der Waals surface area (Å²) in [4.78, 5) is 0. The first-order valence-electron chi connectivity index (χ1n) is 5.49. The second kappa shape index (κ2) is 5.15. The Morgan fingerprint density at radius 2 is 1.76 bits per heavy atom. The number of halogens is 1. The van der Waals surface area contributed by atoms with E-state index >= 15 is 0 Å². The highest BCUT2D eigenvalue weighted by Crippen LogP contribution is 2.38. The third kappa shape index (κ3) is 3.27. The third-order valence-electron chi connectivity index (χ3n) is 2.55. The SMILES string of the molecule is COc1c(Cl)cc(CC(C)(C)N)c(OC)c1C. The quantitative estimate of drug-likeness (QED) is 0.902. The average Bonchev–Trinajstić information content (AvgIpc) is 2.15. The molecular weight excluding hydrogens is 238 g/mol. The molecule has 0 aliphatic carbocycles. The Bertz CT molecular complexity index is 411. The Balaban J connectivity index is 3.32. The summed E-state index contributed by atoms with van der Waals surface area (Å²) in [5, 5.41) is 0.588. The standard InChI is InChI=1S/C13H20ClNO2/c1-8-11(16-4)9(7-13(2,3)15)6-10(14)12(8)17-5/h6H,7,15H2,1-5H3. The number of benzene rings is 1. The Morgan fingerprint density at radius 3 is 2.18 bits per heavy atom. The molecule has 0 heterocycles. The van der Waals surface area contributed by atoms with Crippen molar-refractivity contribution in [3.05, 3.63) is 22.2 Å². The summed E-state index contributed by atoms with van der Waals surface area (Å²) < 4.78 is 10.7. The Morgan fingerprint density at radius 1 is 1.24 bits per heavy atom. The smallest absolute Gasteiger partial charge is 0.144 e. The van der Waals surface area contributed by atoms with Gasteiger partial charge in [0, 0.05) is 11.1 Å².